The summed E-state index contributed by atoms with van der Waals surface area (Å²) in [5.74, 6) is 0.741. The molecule has 0 aliphatic rings. The van der Waals surface area contributed by atoms with E-state index in [0.29, 0.717) is 17.9 Å². The SMILES string of the molecule is CCNCC(C)C(=O)c1ccccc1OC. The highest BCUT2D eigenvalue weighted by molar-refractivity contribution is 6.00. The molecule has 0 aliphatic carbocycles. The van der Waals surface area contributed by atoms with Gasteiger partial charge in [0.15, 0.2) is 5.78 Å². The van der Waals surface area contributed by atoms with E-state index in [9.17, 15) is 4.79 Å². The summed E-state index contributed by atoms with van der Waals surface area (Å²) in [6, 6.07) is 7.34. The highest BCUT2D eigenvalue weighted by Gasteiger charge is 2.17. The average Bonchev–Trinajstić information content (AvgIpc) is 2.34. The van der Waals surface area contributed by atoms with E-state index >= 15 is 0 Å². The Morgan fingerprint density at radius 1 is 1.44 bits per heavy atom. The summed E-state index contributed by atoms with van der Waals surface area (Å²) in [6.07, 6.45) is 0. The van der Waals surface area contributed by atoms with Crippen LogP contribution in [0.1, 0.15) is 24.2 Å². The molecule has 1 N–H and O–H groups in total. The highest BCUT2D eigenvalue weighted by atomic mass is 16.5. The van der Waals surface area contributed by atoms with Crippen LogP contribution in [-0.4, -0.2) is 26.0 Å². The van der Waals surface area contributed by atoms with Crippen molar-refractivity contribution in [2.75, 3.05) is 20.2 Å². The van der Waals surface area contributed by atoms with Crippen molar-refractivity contribution in [3.05, 3.63) is 29.8 Å². The number of nitrogens with one attached hydrogen (secondary N) is 1. The molecule has 1 atom stereocenters. The summed E-state index contributed by atoms with van der Waals surface area (Å²) in [6.45, 7) is 5.54. The van der Waals surface area contributed by atoms with Crippen LogP contribution in [0.5, 0.6) is 5.75 Å². The minimum Gasteiger partial charge on any atom is -0.496 e. The zero-order valence-corrected chi connectivity index (χ0v) is 10.1. The zero-order valence-electron chi connectivity index (χ0n) is 10.1. The minimum absolute atomic E-state index is 0.0313. The number of Topliss-reactive ketones (excluding diaryl/α,β-unsaturated/α-hetero) is 1. The number of methoxy groups -OCH3 is 1. The molecule has 0 aromatic heterocycles. The molecule has 0 spiro atoms. The van der Waals surface area contributed by atoms with Gasteiger partial charge < -0.3 is 10.1 Å². The third-order valence-corrected chi connectivity index (χ3v) is 2.52. The Bertz CT molecular complexity index is 350. The molecule has 0 radical (unpaired) electrons. The molecule has 1 rings (SSSR count). The van der Waals surface area contributed by atoms with Crippen molar-refractivity contribution in [2.45, 2.75) is 13.8 Å². The van der Waals surface area contributed by atoms with Crippen LogP contribution in [-0.2, 0) is 0 Å². The van der Waals surface area contributed by atoms with Crippen molar-refractivity contribution in [1.82, 2.24) is 5.32 Å². The first-order valence-electron chi connectivity index (χ1n) is 5.58. The summed E-state index contributed by atoms with van der Waals surface area (Å²) in [7, 11) is 1.58. The molecule has 1 unspecified atom stereocenters. The van der Waals surface area contributed by atoms with Gasteiger partial charge in [0.25, 0.3) is 0 Å². The third kappa shape index (κ3) is 3.07. The number of carbonyl (C=O) groups excluding carboxylic acids is 1. The van der Waals surface area contributed by atoms with Gasteiger partial charge in [-0.05, 0) is 18.7 Å². The van der Waals surface area contributed by atoms with Gasteiger partial charge in [-0.25, -0.2) is 0 Å². The summed E-state index contributed by atoms with van der Waals surface area (Å²) < 4.78 is 5.18. The molecule has 3 heteroatoms. The predicted octanol–water partition coefficient (Wildman–Crippen LogP) is 2.12. The Morgan fingerprint density at radius 3 is 2.75 bits per heavy atom. The van der Waals surface area contributed by atoms with Gasteiger partial charge in [-0.15, -0.1) is 0 Å². The van der Waals surface area contributed by atoms with E-state index in [1.54, 1.807) is 7.11 Å². The van der Waals surface area contributed by atoms with E-state index in [1.807, 2.05) is 38.1 Å². The Hall–Kier alpha value is -1.35. The number of hydrogen-bond acceptors (Lipinski definition) is 3. The van der Waals surface area contributed by atoms with Crippen LogP contribution in [0.25, 0.3) is 0 Å². The first-order chi connectivity index (χ1) is 7.70. The standard InChI is InChI=1S/C13H19NO2/c1-4-14-9-10(2)13(15)11-7-5-6-8-12(11)16-3/h5-8,10,14H,4,9H2,1-3H3. The summed E-state index contributed by atoms with van der Waals surface area (Å²) in [5, 5.41) is 3.17. The fourth-order valence-corrected chi connectivity index (χ4v) is 1.57. The number of ketones is 1. The molecule has 16 heavy (non-hydrogen) atoms. The molecular formula is C13H19NO2. The molecule has 0 aliphatic heterocycles. The van der Waals surface area contributed by atoms with Crippen LogP contribution in [0.15, 0.2) is 24.3 Å². The second-order valence-electron chi connectivity index (χ2n) is 3.77. The maximum atomic E-state index is 12.1. The van der Waals surface area contributed by atoms with Crippen LogP contribution in [0.2, 0.25) is 0 Å². The average molecular weight is 221 g/mol. The lowest BCUT2D eigenvalue weighted by atomic mass is 9.98. The topological polar surface area (TPSA) is 38.3 Å². The van der Waals surface area contributed by atoms with Crippen molar-refractivity contribution in [3.8, 4) is 5.75 Å². The van der Waals surface area contributed by atoms with Crippen LogP contribution in [0.3, 0.4) is 0 Å². The smallest absolute Gasteiger partial charge is 0.170 e. The van der Waals surface area contributed by atoms with Gasteiger partial charge in [-0.2, -0.15) is 0 Å². The van der Waals surface area contributed by atoms with E-state index in [0.717, 1.165) is 6.54 Å². The van der Waals surface area contributed by atoms with Gasteiger partial charge in [-0.1, -0.05) is 26.0 Å². The number of para-hydroxylation sites is 1. The van der Waals surface area contributed by atoms with Crippen molar-refractivity contribution in [1.29, 1.82) is 0 Å². The molecule has 1 aromatic rings. The number of carbonyl (C=O) groups is 1. The number of rotatable bonds is 6. The summed E-state index contributed by atoms with van der Waals surface area (Å²) in [5.41, 5.74) is 0.662. The van der Waals surface area contributed by atoms with Crippen LogP contribution < -0.4 is 10.1 Å². The quantitative estimate of drug-likeness (QED) is 0.748. The highest BCUT2D eigenvalue weighted by Crippen LogP contribution is 2.20. The lowest BCUT2D eigenvalue weighted by Crippen LogP contribution is -2.26. The maximum Gasteiger partial charge on any atom is 0.170 e. The summed E-state index contributed by atoms with van der Waals surface area (Å²) in [4.78, 5) is 12.1. The van der Waals surface area contributed by atoms with E-state index in [4.69, 9.17) is 4.74 Å². The van der Waals surface area contributed by atoms with Gasteiger partial charge in [0, 0.05) is 12.5 Å². The summed E-state index contributed by atoms with van der Waals surface area (Å²) >= 11 is 0. The van der Waals surface area contributed by atoms with Gasteiger partial charge >= 0.3 is 0 Å². The molecule has 0 fully saturated rings. The van der Waals surface area contributed by atoms with Crippen LogP contribution >= 0.6 is 0 Å². The monoisotopic (exact) mass is 221 g/mol. The third-order valence-electron chi connectivity index (χ3n) is 2.52. The fourth-order valence-electron chi connectivity index (χ4n) is 1.57. The molecule has 3 nitrogen and oxygen atoms in total. The van der Waals surface area contributed by atoms with E-state index in [-0.39, 0.29) is 11.7 Å². The molecular weight excluding hydrogens is 202 g/mol. The van der Waals surface area contributed by atoms with Crippen LogP contribution in [0.4, 0.5) is 0 Å². The van der Waals surface area contributed by atoms with E-state index < -0.39 is 0 Å². The Morgan fingerprint density at radius 2 is 2.12 bits per heavy atom. The van der Waals surface area contributed by atoms with Crippen molar-refractivity contribution < 1.29 is 9.53 Å². The predicted molar refractivity (Wildman–Crippen MR) is 65.0 cm³/mol. The van der Waals surface area contributed by atoms with Crippen LogP contribution in [0, 0.1) is 5.92 Å². The second kappa shape index (κ2) is 6.28. The molecule has 0 amide bonds. The molecule has 0 saturated carbocycles. The lowest BCUT2D eigenvalue weighted by molar-refractivity contribution is 0.0926. The van der Waals surface area contributed by atoms with Crippen molar-refractivity contribution in [2.24, 2.45) is 5.92 Å². The first kappa shape index (κ1) is 12.7. The normalized spacial score (nSPS) is 12.2. The number of ether oxygens (including phenoxy) is 1. The number of hydrogen-bond donors (Lipinski definition) is 1. The molecule has 1 aromatic carbocycles. The maximum absolute atomic E-state index is 12.1. The van der Waals surface area contributed by atoms with Crippen molar-refractivity contribution >= 4 is 5.78 Å². The number of benzene rings is 1. The largest absolute Gasteiger partial charge is 0.496 e. The molecule has 0 heterocycles. The molecule has 88 valence electrons. The Balaban J connectivity index is 2.79. The first-order valence-corrected chi connectivity index (χ1v) is 5.58. The minimum atomic E-state index is -0.0313. The fraction of sp³-hybridized carbons (Fsp3) is 0.462. The van der Waals surface area contributed by atoms with Gasteiger partial charge in [0.2, 0.25) is 0 Å². The van der Waals surface area contributed by atoms with Crippen molar-refractivity contribution in [3.63, 3.8) is 0 Å². The van der Waals surface area contributed by atoms with Gasteiger partial charge in [-0.3, -0.25) is 4.79 Å². The zero-order chi connectivity index (χ0) is 12.0. The Labute approximate surface area is 96.8 Å². The van der Waals surface area contributed by atoms with E-state index in [1.165, 1.54) is 0 Å². The van der Waals surface area contributed by atoms with Gasteiger partial charge in [0.05, 0.1) is 12.7 Å². The van der Waals surface area contributed by atoms with Gasteiger partial charge in [0.1, 0.15) is 5.75 Å². The molecule has 0 bridgehead atoms. The second-order valence-corrected chi connectivity index (χ2v) is 3.77. The Kier molecular flexibility index (Phi) is 4.99. The lowest BCUT2D eigenvalue weighted by Gasteiger charge is -2.13. The van der Waals surface area contributed by atoms with E-state index in [2.05, 4.69) is 5.32 Å². The molecule has 0 saturated heterocycles.